The minimum Gasteiger partial charge on any atom is -0.0616 e. The van der Waals surface area contributed by atoms with E-state index >= 15 is 0 Å². The summed E-state index contributed by atoms with van der Waals surface area (Å²) in [5, 5.41) is -5.21. The lowest BCUT2D eigenvalue weighted by atomic mass is 9.84. The van der Waals surface area contributed by atoms with Gasteiger partial charge in [-0.05, 0) is 99.3 Å². The van der Waals surface area contributed by atoms with Crippen LogP contribution in [0.2, 0.25) is 0 Å². The van der Waals surface area contributed by atoms with Crippen molar-refractivity contribution in [2.24, 2.45) is 0 Å². The van der Waals surface area contributed by atoms with E-state index in [1.807, 2.05) is 0 Å². The first kappa shape index (κ1) is 10.2. The second-order valence-electron chi connectivity index (χ2n) is 9.65. The maximum Gasteiger partial charge on any atom is 0.0636 e. The lowest BCUT2D eigenvalue weighted by molar-refractivity contribution is 1.64. The third-order valence-corrected chi connectivity index (χ3v) is 7.34. The van der Waals surface area contributed by atoms with Crippen LogP contribution in [-0.2, 0) is 0 Å². The van der Waals surface area contributed by atoms with Gasteiger partial charge in [0, 0.05) is 0 Å². The molecule has 204 valence electrons. The summed E-state index contributed by atoms with van der Waals surface area (Å²) in [7, 11) is 0. The monoisotopic (exact) mass is 582 g/mol. The molecule has 0 aliphatic heterocycles. The van der Waals surface area contributed by atoms with Crippen LogP contribution < -0.4 is 0 Å². The highest BCUT2D eigenvalue weighted by Gasteiger charge is 2.18. The fourth-order valence-electron chi connectivity index (χ4n) is 5.51. The molecule has 0 spiro atoms. The van der Waals surface area contributed by atoms with Crippen molar-refractivity contribution in [3.05, 3.63) is 169 Å². The van der Waals surface area contributed by atoms with E-state index in [1.165, 1.54) is 0 Å². The number of benzene rings is 9. The minimum absolute atomic E-state index is 0.314. The zero-order valence-electron chi connectivity index (χ0n) is 48.2. The van der Waals surface area contributed by atoms with Gasteiger partial charge < -0.3 is 0 Å². The molecule has 0 heteroatoms. The average molecular weight is 583 g/mol. The summed E-state index contributed by atoms with van der Waals surface area (Å²) < 4.78 is 233. The van der Waals surface area contributed by atoms with Crippen molar-refractivity contribution in [1.82, 2.24) is 0 Å². The van der Waals surface area contributed by atoms with Crippen molar-refractivity contribution in [2.45, 2.75) is 0 Å². The maximum absolute atomic E-state index is 9.96. The molecule has 0 nitrogen and oxygen atoms in total. The third kappa shape index (κ3) is 3.78. The SMILES string of the molecule is [2H]c1cc2c(-c3c4c([2H])c([2H])c([2H])cc4c(-c4c([2H])c([2H])c([2H])c(-c5c([2H])c6c([2H])c([2H])c([2H])c([2H])c6c6c([2H])c([2H])c([2H])c([2H])c56)c4[2H])c4c([2H])c([2H])c([2H])c([2H])c34)c([2H])c([2H])c([2H])c2c([2H])c1[2H]. The van der Waals surface area contributed by atoms with E-state index in [9.17, 15) is 12.3 Å². The van der Waals surface area contributed by atoms with Crippen molar-refractivity contribution in [3.8, 4) is 33.4 Å². The molecule has 44 heavy (non-hydrogen) atoms. The van der Waals surface area contributed by atoms with Crippen molar-refractivity contribution in [1.29, 1.82) is 0 Å². The Balaban J connectivity index is 1.62. The Kier molecular flexibility index (Phi) is 2.30. The molecule has 0 aliphatic carbocycles. The van der Waals surface area contributed by atoms with Crippen LogP contribution in [-0.4, -0.2) is 0 Å². The smallest absolute Gasteiger partial charge is 0.0616 e. The Hall–Kier alpha value is -5.72. The van der Waals surface area contributed by atoms with E-state index in [-0.39, 0.29) is 5.39 Å². The average Bonchev–Trinajstić information content (AvgIpc) is 3.32. The van der Waals surface area contributed by atoms with Crippen LogP contribution in [0.25, 0.3) is 87.2 Å². The Morgan fingerprint density at radius 3 is 1.68 bits per heavy atom. The molecule has 0 radical (unpaired) electrons. The molecule has 0 bridgehead atoms. The van der Waals surface area contributed by atoms with Crippen LogP contribution in [0.15, 0.2) is 169 Å². The number of rotatable bonds is 3. The number of hydrogen-bond donors (Lipinski definition) is 0. The lowest BCUT2D eigenvalue weighted by Crippen LogP contribution is -1.92. The fraction of sp³-hybridized carbons (Fsp3) is 0. The minimum atomic E-state index is -1.04. The Morgan fingerprint density at radius 2 is 0.841 bits per heavy atom. The zero-order chi connectivity index (χ0) is 51.7. The van der Waals surface area contributed by atoms with Crippen LogP contribution >= 0.6 is 0 Å². The summed E-state index contributed by atoms with van der Waals surface area (Å²) in [6, 6.07) is -20.1. The molecule has 0 aliphatic rings. The standard InChI is InChI=1S/C44H28/c1-3-18-33-29(13-1)15-12-26-37(33)44-40-24-9-7-22-38(40)43(39-23-8-10-25-41(39)44)32-17-11-16-30(27-32)42-28-31-14-2-4-19-34(31)35-20-5-6-21-36(35)42/h1-28H/i1D,2D,3D,4D,5D,6D,7D,8D,9D,10D,11D,12D,13D,14D,15D,16D,17D,19D,20D,21D,22D,24D,25D,26D,27D,28D. The molecular formula is C44H28. The highest BCUT2D eigenvalue weighted by atomic mass is 14.2. The van der Waals surface area contributed by atoms with Gasteiger partial charge in [0.25, 0.3) is 0 Å². The summed E-state index contributed by atoms with van der Waals surface area (Å²) >= 11 is 0. The van der Waals surface area contributed by atoms with E-state index in [2.05, 4.69) is 0 Å². The molecular weight excluding hydrogens is 528 g/mol. The Morgan fingerprint density at radius 1 is 0.295 bits per heavy atom. The van der Waals surface area contributed by atoms with Gasteiger partial charge in [-0.15, -0.1) is 0 Å². The highest BCUT2D eigenvalue weighted by Crippen LogP contribution is 2.46. The third-order valence-electron chi connectivity index (χ3n) is 7.34. The molecule has 0 unspecified atom stereocenters. The Labute approximate surface area is 293 Å². The van der Waals surface area contributed by atoms with Gasteiger partial charge >= 0.3 is 0 Å². The van der Waals surface area contributed by atoms with E-state index < -0.39 is 239 Å². The van der Waals surface area contributed by atoms with E-state index in [0.717, 1.165) is 12.1 Å². The summed E-state index contributed by atoms with van der Waals surface area (Å²) in [4.78, 5) is 0. The van der Waals surface area contributed by atoms with Crippen LogP contribution in [0, 0.1) is 0 Å². The second kappa shape index (κ2) is 9.93. The molecule has 0 amide bonds. The summed E-state index contributed by atoms with van der Waals surface area (Å²) in [6.07, 6.45) is 0. The molecule has 0 fully saturated rings. The first-order valence-corrected chi connectivity index (χ1v) is 13.2. The van der Waals surface area contributed by atoms with Gasteiger partial charge in [-0.25, -0.2) is 0 Å². The summed E-state index contributed by atoms with van der Waals surface area (Å²) in [5.74, 6) is 0. The quantitative estimate of drug-likeness (QED) is 0.144. The van der Waals surface area contributed by atoms with Gasteiger partial charge in [0.05, 0.1) is 35.6 Å². The van der Waals surface area contributed by atoms with Crippen LogP contribution in [0.3, 0.4) is 0 Å². The molecule has 9 aromatic carbocycles. The van der Waals surface area contributed by atoms with E-state index in [0.29, 0.717) is 0 Å². The normalized spacial score (nSPS) is 19.9. The van der Waals surface area contributed by atoms with Crippen LogP contribution in [0.5, 0.6) is 0 Å². The van der Waals surface area contributed by atoms with Gasteiger partial charge in [0.1, 0.15) is 0 Å². The Bertz CT molecular complexity index is 4000. The molecule has 9 aromatic rings. The zero-order valence-corrected chi connectivity index (χ0v) is 22.2. The van der Waals surface area contributed by atoms with Gasteiger partial charge in [-0.1, -0.05) is 157 Å². The van der Waals surface area contributed by atoms with Crippen molar-refractivity contribution < 1.29 is 35.6 Å². The highest BCUT2D eigenvalue weighted by molar-refractivity contribution is 6.23. The summed E-state index contributed by atoms with van der Waals surface area (Å²) in [5.41, 5.74) is -3.89. The largest absolute Gasteiger partial charge is 0.0636 e. The molecule has 0 atom stereocenters. The van der Waals surface area contributed by atoms with Gasteiger partial charge in [0.15, 0.2) is 0 Å². The van der Waals surface area contributed by atoms with Crippen LogP contribution in [0.1, 0.15) is 35.6 Å². The van der Waals surface area contributed by atoms with Gasteiger partial charge in [-0.3, -0.25) is 0 Å². The lowest BCUT2D eigenvalue weighted by Gasteiger charge is -2.19. The van der Waals surface area contributed by atoms with Crippen LogP contribution in [0.4, 0.5) is 0 Å². The number of fused-ring (bicyclic) bond motifs is 6. The first-order chi connectivity index (χ1) is 32.6. The molecule has 0 saturated carbocycles. The topological polar surface area (TPSA) is 0 Å². The predicted molar refractivity (Wildman–Crippen MR) is 190 cm³/mol. The summed E-state index contributed by atoms with van der Waals surface area (Å²) in [6.45, 7) is 0. The molecule has 0 heterocycles. The van der Waals surface area contributed by atoms with Gasteiger partial charge in [0.2, 0.25) is 0 Å². The number of hydrogen-bond acceptors (Lipinski definition) is 0. The fourth-order valence-corrected chi connectivity index (χ4v) is 5.51. The predicted octanol–water partition coefficient (Wildman–Crippen LogP) is 12.5. The maximum atomic E-state index is 9.96. The molecule has 0 saturated heterocycles. The molecule has 9 rings (SSSR count). The van der Waals surface area contributed by atoms with Crippen molar-refractivity contribution in [3.63, 3.8) is 0 Å². The molecule has 0 N–H and O–H groups in total. The molecule has 0 aromatic heterocycles. The first-order valence-electron chi connectivity index (χ1n) is 26.2. The van der Waals surface area contributed by atoms with Crippen molar-refractivity contribution in [2.75, 3.05) is 0 Å². The van der Waals surface area contributed by atoms with E-state index in [4.69, 9.17) is 23.3 Å². The van der Waals surface area contributed by atoms with E-state index in [1.54, 1.807) is 0 Å². The van der Waals surface area contributed by atoms with Gasteiger partial charge in [-0.2, -0.15) is 0 Å². The van der Waals surface area contributed by atoms with Crippen molar-refractivity contribution >= 4 is 53.9 Å². The second-order valence-corrected chi connectivity index (χ2v) is 9.65.